The summed E-state index contributed by atoms with van der Waals surface area (Å²) in [5.41, 5.74) is -0.629. The molecule has 2 heterocycles. The zero-order chi connectivity index (χ0) is 22.2. The van der Waals surface area contributed by atoms with Crippen LogP contribution < -0.4 is 5.56 Å². The molecule has 1 atom stereocenters. The first-order valence-electron chi connectivity index (χ1n) is 10.4. The molecule has 1 saturated heterocycles. The van der Waals surface area contributed by atoms with Gasteiger partial charge in [-0.2, -0.15) is 0 Å². The van der Waals surface area contributed by atoms with Crippen LogP contribution in [0.3, 0.4) is 0 Å². The second kappa shape index (κ2) is 7.91. The number of pyridine rings is 1. The van der Waals surface area contributed by atoms with E-state index in [1.54, 1.807) is 21.7 Å². The predicted octanol–water partition coefficient (Wildman–Crippen LogP) is 3.91. The Kier molecular flexibility index (Phi) is 5.83. The van der Waals surface area contributed by atoms with E-state index in [0.29, 0.717) is 19.5 Å². The van der Waals surface area contributed by atoms with Gasteiger partial charge in [-0.3, -0.25) is 4.79 Å². The molecule has 1 aliphatic rings. The molecular formula is C24H32N2O4. The van der Waals surface area contributed by atoms with Gasteiger partial charge in [0.2, 0.25) is 0 Å². The van der Waals surface area contributed by atoms with Crippen molar-refractivity contribution in [3.05, 3.63) is 59.0 Å². The summed E-state index contributed by atoms with van der Waals surface area (Å²) in [6.45, 7) is 10.3. The molecule has 1 aliphatic heterocycles. The first-order chi connectivity index (χ1) is 13.9. The van der Waals surface area contributed by atoms with E-state index < -0.39 is 16.6 Å². The first-order valence-corrected chi connectivity index (χ1v) is 10.4. The second-order valence-electron chi connectivity index (χ2n) is 9.81. The summed E-state index contributed by atoms with van der Waals surface area (Å²) in [7, 11) is 0. The third-order valence-electron chi connectivity index (χ3n) is 5.83. The SMILES string of the molecule is CC(C)(C)OC(=O)N1CC[C@@](O)(Cn2ccc(-c3ccccc3)cc2=O)C(C)(C)C1. The van der Waals surface area contributed by atoms with Gasteiger partial charge in [0.25, 0.3) is 5.56 Å². The summed E-state index contributed by atoms with van der Waals surface area (Å²) in [5, 5.41) is 11.5. The van der Waals surface area contributed by atoms with E-state index in [9.17, 15) is 14.7 Å². The highest BCUT2D eigenvalue weighted by Gasteiger charge is 2.49. The minimum absolute atomic E-state index is 0.157. The van der Waals surface area contributed by atoms with E-state index in [2.05, 4.69) is 0 Å². The van der Waals surface area contributed by atoms with Crippen molar-refractivity contribution < 1.29 is 14.6 Å². The van der Waals surface area contributed by atoms with E-state index >= 15 is 0 Å². The maximum Gasteiger partial charge on any atom is 0.410 e. The molecule has 30 heavy (non-hydrogen) atoms. The van der Waals surface area contributed by atoms with E-state index in [0.717, 1.165) is 11.1 Å². The number of nitrogens with zero attached hydrogens (tertiary/aromatic N) is 2. The molecule has 6 heteroatoms. The molecule has 162 valence electrons. The van der Waals surface area contributed by atoms with E-state index in [4.69, 9.17) is 4.74 Å². The van der Waals surface area contributed by atoms with Crippen LogP contribution in [0.4, 0.5) is 4.79 Å². The van der Waals surface area contributed by atoms with Crippen molar-refractivity contribution in [3.63, 3.8) is 0 Å². The Morgan fingerprint density at radius 1 is 1.13 bits per heavy atom. The van der Waals surface area contributed by atoms with E-state index in [1.165, 1.54) is 0 Å². The van der Waals surface area contributed by atoms with Crippen LogP contribution in [0.1, 0.15) is 41.0 Å². The number of carbonyl (C=O) groups is 1. The summed E-state index contributed by atoms with van der Waals surface area (Å²) in [6, 6.07) is 13.2. The highest BCUT2D eigenvalue weighted by Crippen LogP contribution is 2.40. The normalized spacial score (nSPS) is 21.3. The Morgan fingerprint density at radius 3 is 2.37 bits per heavy atom. The monoisotopic (exact) mass is 412 g/mol. The number of benzene rings is 1. The summed E-state index contributed by atoms with van der Waals surface area (Å²) in [6.07, 6.45) is 1.73. The van der Waals surface area contributed by atoms with Gasteiger partial charge in [0, 0.05) is 30.8 Å². The van der Waals surface area contributed by atoms with Crippen molar-refractivity contribution in [1.29, 1.82) is 0 Å². The molecule has 1 aromatic carbocycles. The zero-order valence-corrected chi connectivity index (χ0v) is 18.5. The van der Waals surface area contributed by atoms with Gasteiger partial charge in [0.05, 0.1) is 12.1 Å². The fourth-order valence-corrected chi connectivity index (χ4v) is 3.87. The van der Waals surface area contributed by atoms with Gasteiger partial charge < -0.3 is 19.3 Å². The van der Waals surface area contributed by atoms with E-state index in [1.807, 2.05) is 71.0 Å². The summed E-state index contributed by atoms with van der Waals surface area (Å²) >= 11 is 0. The average Bonchev–Trinajstić information content (AvgIpc) is 2.65. The predicted molar refractivity (Wildman–Crippen MR) is 117 cm³/mol. The van der Waals surface area contributed by atoms with Crippen LogP contribution >= 0.6 is 0 Å². The molecule has 3 rings (SSSR count). The molecule has 0 spiro atoms. The van der Waals surface area contributed by atoms with Gasteiger partial charge in [0.1, 0.15) is 5.60 Å². The standard InChI is InChI=1S/C24H32N2O4/c1-22(2,3)30-21(28)26-14-12-24(29,23(4,5)16-26)17-25-13-11-19(15-20(25)27)18-9-7-6-8-10-18/h6-11,13,15,29H,12,14,16-17H2,1-5H3/t24-/m1/s1. The molecule has 1 amide bonds. The Labute approximate surface area is 178 Å². The highest BCUT2D eigenvalue weighted by molar-refractivity contribution is 5.68. The summed E-state index contributed by atoms with van der Waals surface area (Å²) in [5.74, 6) is 0. The number of hydrogen-bond acceptors (Lipinski definition) is 4. The summed E-state index contributed by atoms with van der Waals surface area (Å²) in [4.78, 5) is 26.8. The fourth-order valence-electron chi connectivity index (χ4n) is 3.87. The lowest BCUT2D eigenvalue weighted by molar-refractivity contribution is -0.126. The Bertz CT molecular complexity index is 959. The third-order valence-corrected chi connectivity index (χ3v) is 5.83. The molecule has 0 radical (unpaired) electrons. The van der Waals surface area contributed by atoms with Gasteiger partial charge in [0.15, 0.2) is 0 Å². The highest BCUT2D eigenvalue weighted by atomic mass is 16.6. The number of ether oxygens (including phenoxy) is 1. The van der Waals surface area contributed by atoms with Crippen LogP contribution in [0.5, 0.6) is 0 Å². The van der Waals surface area contributed by atoms with Crippen molar-refractivity contribution in [2.75, 3.05) is 13.1 Å². The molecule has 0 saturated carbocycles. The maximum atomic E-state index is 12.7. The van der Waals surface area contributed by atoms with Crippen LogP contribution in [0.2, 0.25) is 0 Å². The van der Waals surface area contributed by atoms with Gasteiger partial charge in [-0.1, -0.05) is 44.2 Å². The number of rotatable bonds is 3. The molecule has 1 fully saturated rings. The molecule has 1 aromatic heterocycles. The van der Waals surface area contributed by atoms with Crippen molar-refractivity contribution in [3.8, 4) is 11.1 Å². The number of amides is 1. The van der Waals surface area contributed by atoms with Gasteiger partial charge in [-0.05, 0) is 44.4 Å². The lowest BCUT2D eigenvalue weighted by Crippen LogP contribution is -2.61. The summed E-state index contributed by atoms with van der Waals surface area (Å²) < 4.78 is 7.03. The van der Waals surface area contributed by atoms with Crippen LogP contribution in [0.15, 0.2) is 53.5 Å². The van der Waals surface area contributed by atoms with Crippen LogP contribution in [-0.2, 0) is 11.3 Å². The lowest BCUT2D eigenvalue weighted by Gasteiger charge is -2.50. The van der Waals surface area contributed by atoms with Crippen LogP contribution in [0.25, 0.3) is 11.1 Å². The van der Waals surface area contributed by atoms with Crippen molar-refractivity contribution >= 4 is 6.09 Å². The topological polar surface area (TPSA) is 71.8 Å². The molecule has 0 bridgehead atoms. The van der Waals surface area contributed by atoms with Gasteiger partial charge >= 0.3 is 6.09 Å². The van der Waals surface area contributed by atoms with Crippen LogP contribution in [-0.4, -0.2) is 45.0 Å². The Balaban J connectivity index is 1.77. The molecule has 6 nitrogen and oxygen atoms in total. The Hall–Kier alpha value is -2.60. The molecule has 0 aliphatic carbocycles. The average molecular weight is 413 g/mol. The smallest absolute Gasteiger partial charge is 0.410 e. The van der Waals surface area contributed by atoms with Crippen molar-refractivity contribution in [2.24, 2.45) is 5.41 Å². The van der Waals surface area contributed by atoms with E-state index in [-0.39, 0.29) is 18.2 Å². The van der Waals surface area contributed by atoms with Crippen LogP contribution in [0, 0.1) is 5.41 Å². The fraction of sp³-hybridized carbons (Fsp3) is 0.500. The van der Waals surface area contributed by atoms with Crippen molar-refractivity contribution in [2.45, 2.75) is 58.8 Å². The number of likely N-dealkylation sites (tertiary alicyclic amines) is 1. The Morgan fingerprint density at radius 2 is 1.80 bits per heavy atom. The number of carbonyl (C=O) groups excluding carboxylic acids is 1. The first kappa shape index (κ1) is 22.1. The lowest BCUT2D eigenvalue weighted by atomic mass is 9.70. The largest absolute Gasteiger partial charge is 0.444 e. The van der Waals surface area contributed by atoms with Gasteiger partial charge in [-0.25, -0.2) is 4.79 Å². The third kappa shape index (κ3) is 4.75. The molecular weight excluding hydrogens is 380 g/mol. The number of piperidine rings is 1. The maximum absolute atomic E-state index is 12.7. The molecule has 0 unspecified atom stereocenters. The zero-order valence-electron chi connectivity index (χ0n) is 18.5. The molecule has 2 aromatic rings. The van der Waals surface area contributed by atoms with Crippen molar-refractivity contribution in [1.82, 2.24) is 9.47 Å². The van der Waals surface area contributed by atoms with Gasteiger partial charge in [-0.15, -0.1) is 0 Å². The number of hydrogen-bond donors (Lipinski definition) is 1. The minimum atomic E-state index is -1.12. The number of aliphatic hydroxyl groups is 1. The minimum Gasteiger partial charge on any atom is -0.444 e. The second-order valence-corrected chi connectivity index (χ2v) is 9.81. The number of aromatic nitrogens is 1. The quantitative estimate of drug-likeness (QED) is 0.830. The molecule has 1 N–H and O–H groups in total.